The summed E-state index contributed by atoms with van der Waals surface area (Å²) in [5.41, 5.74) is 7.25. The Morgan fingerprint density at radius 1 is 0.972 bits per heavy atom. The van der Waals surface area contributed by atoms with Crippen LogP contribution in [0.1, 0.15) is 25.1 Å². The first-order valence-corrected chi connectivity index (χ1v) is 11.3. The van der Waals surface area contributed by atoms with Gasteiger partial charge in [-0.2, -0.15) is 0 Å². The second kappa shape index (κ2) is 13.2. The van der Waals surface area contributed by atoms with E-state index in [-0.39, 0.29) is 18.6 Å². The van der Waals surface area contributed by atoms with Gasteiger partial charge in [-0.05, 0) is 23.6 Å². The third-order valence-corrected chi connectivity index (χ3v) is 5.38. The van der Waals surface area contributed by atoms with Gasteiger partial charge < -0.3 is 42.0 Å². The maximum Gasteiger partial charge on any atom is 0.328 e. The lowest BCUT2D eigenvalue weighted by Crippen LogP contribution is -2.59. The largest absolute Gasteiger partial charge is 0.508 e. The number of aromatic nitrogens is 2. The Morgan fingerprint density at radius 3 is 2.14 bits per heavy atom. The maximum atomic E-state index is 13.2. The number of hydrogen-bond donors (Lipinski definition) is 8. The summed E-state index contributed by atoms with van der Waals surface area (Å²) in [6.45, 7) is 2.47. The molecule has 4 atom stereocenters. The average molecular weight is 505 g/mol. The van der Waals surface area contributed by atoms with Crippen molar-refractivity contribution in [1.82, 2.24) is 25.9 Å². The number of H-pyrrole nitrogens is 1. The molecule has 13 heteroatoms. The zero-order chi connectivity index (χ0) is 26.8. The van der Waals surface area contributed by atoms with Gasteiger partial charge in [0.15, 0.2) is 0 Å². The van der Waals surface area contributed by atoms with Crippen LogP contribution < -0.4 is 21.7 Å². The summed E-state index contributed by atoms with van der Waals surface area (Å²) < 4.78 is 0. The first-order chi connectivity index (χ1) is 17.0. The Labute approximate surface area is 207 Å². The number of aliphatic hydroxyl groups is 1. The van der Waals surface area contributed by atoms with Gasteiger partial charge in [-0.3, -0.25) is 14.4 Å². The fourth-order valence-electron chi connectivity index (χ4n) is 3.32. The maximum absolute atomic E-state index is 13.2. The number of imidazole rings is 1. The summed E-state index contributed by atoms with van der Waals surface area (Å²) >= 11 is 0. The van der Waals surface area contributed by atoms with Crippen LogP contribution in [-0.4, -0.2) is 79.8 Å². The van der Waals surface area contributed by atoms with Crippen LogP contribution >= 0.6 is 0 Å². The third-order valence-electron chi connectivity index (χ3n) is 5.38. The molecular formula is C23H32N6O7. The average Bonchev–Trinajstić information content (AvgIpc) is 3.34. The number of hydrogen-bond acceptors (Lipinski definition) is 8. The molecule has 0 saturated heterocycles. The molecule has 1 aromatic carbocycles. The zero-order valence-electron chi connectivity index (χ0n) is 20.0. The number of nitrogens with zero attached hydrogens (tertiary/aromatic N) is 1. The van der Waals surface area contributed by atoms with E-state index in [4.69, 9.17) is 10.8 Å². The van der Waals surface area contributed by atoms with Gasteiger partial charge in [0, 0.05) is 24.7 Å². The molecule has 3 amide bonds. The number of amides is 3. The molecule has 2 rings (SSSR count). The number of carboxylic acids is 1. The molecule has 0 aliphatic rings. The number of rotatable bonds is 13. The molecule has 2 aromatic rings. The van der Waals surface area contributed by atoms with Crippen molar-refractivity contribution in [3.63, 3.8) is 0 Å². The van der Waals surface area contributed by atoms with E-state index in [1.54, 1.807) is 26.0 Å². The fraction of sp³-hybridized carbons (Fsp3) is 0.435. The van der Waals surface area contributed by atoms with Crippen LogP contribution in [0.4, 0.5) is 0 Å². The summed E-state index contributed by atoms with van der Waals surface area (Å²) in [5, 5.41) is 35.2. The molecule has 13 nitrogen and oxygen atoms in total. The van der Waals surface area contributed by atoms with Crippen LogP contribution in [0.15, 0.2) is 36.8 Å². The number of aromatic hydroxyl groups is 1. The van der Waals surface area contributed by atoms with Crippen LogP contribution in [0.5, 0.6) is 5.75 Å². The van der Waals surface area contributed by atoms with E-state index in [0.29, 0.717) is 11.3 Å². The van der Waals surface area contributed by atoms with Crippen molar-refractivity contribution in [2.24, 2.45) is 11.7 Å². The second-order valence-corrected chi connectivity index (χ2v) is 8.63. The highest BCUT2D eigenvalue weighted by Gasteiger charge is 2.32. The van der Waals surface area contributed by atoms with Crippen LogP contribution in [0.3, 0.4) is 0 Å². The van der Waals surface area contributed by atoms with Crippen molar-refractivity contribution >= 4 is 23.7 Å². The Bertz CT molecular complexity index is 1030. The molecule has 9 N–H and O–H groups in total. The molecule has 0 radical (unpaired) electrons. The minimum atomic E-state index is -1.54. The number of carboxylic acid groups (broad SMARTS) is 1. The molecule has 196 valence electrons. The molecule has 36 heavy (non-hydrogen) atoms. The predicted molar refractivity (Wildman–Crippen MR) is 127 cm³/mol. The molecule has 0 bridgehead atoms. The second-order valence-electron chi connectivity index (χ2n) is 8.63. The standard InChI is InChI=1S/C23H32N6O7/c1-12(2)19(22(34)28-18(10-30)23(35)36)29-21(33)17(7-13-3-5-15(31)6-4-13)27-20(32)16(24)8-14-9-25-11-26-14/h3-6,9,11-12,16-19,30-31H,7-8,10,24H2,1-2H3,(H,25,26)(H,27,32)(H,28,34)(H,29,33)(H,35,36). The van der Waals surface area contributed by atoms with Crippen molar-refractivity contribution in [1.29, 1.82) is 0 Å². The van der Waals surface area contributed by atoms with E-state index in [2.05, 4.69) is 25.9 Å². The highest BCUT2D eigenvalue weighted by atomic mass is 16.4. The lowest BCUT2D eigenvalue weighted by atomic mass is 10.00. The van der Waals surface area contributed by atoms with Gasteiger partial charge in [-0.25, -0.2) is 9.78 Å². The quantitative estimate of drug-likeness (QED) is 0.157. The molecule has 0 saturated carbocycles. The number of carbonyl (C=O) groups excluding carboxylic acids is 3. The number of nitrogens with one attached hydrogen (secondary N) is 4. The molecule has 0 fully saturated rings. The number of aromatic amines is 1. The first-order valence-electron chi connectivity index (χ1n) is 11.3. The van der Waals surface area contributed by atoms with Crippen molar-refractivity contribution in [2.75, 3.05) is 6.61 Å². The molecule has 4 unspecified atom stereocenters. The van der Waals surface area contributed by atoms with Crippen molar-refractivity contribution in [3.8, 4) is 5.75 Å². The molecule has 0 aliphatic carbocycles. The minimum Gasteiger partial charge on any atom is -0.508 e. The highest BCUT2D eigenvalue weighted by Crippen LogP contribution is 2.12. The fourth-order valence-corrected chi connectivity index (χ4v) is 3.32. The monoisotopic (exact) mass is 504 g/mol. The number of phenolic OH excluding ortho intramolecular Hbond substituents is 1. The van der Waals surface area contributed by atoms with Crippen LogP contribution in [0.25, 0.3) is 0 Å². The third kappa shape index (κ3) is 8.36. The van der Waals surface area contributed by atoms with Gasteiger partial charge in [0.2, 0.25) is 17.7 Å². The zero-order valence-corrected chi connectivity index (χ0v) is 20.0. The van der Waals surface area contributed by atoms with E-state index in [0.717, 1.165) is 0 Å². The van der Waals surface area contributed by atoms with Crippen molar-refractivity contribution < 1.29 is 34.5 Å². The number of benzene rings is 1. The molecular weight excluding hydrogens is 472 g/mol. The molecule has 0 spiro atoms. The van der Waals surface area contributed by atoms with Gasteiger partial charge in [0.1, 0.15) is 23.9 Å². The Kier molecular flexibility index (Phi) is 10.4. The van der Waals surface area contributed by atoms with Gasteiger partial charge in [0.05, 0.1) is 19.0 Å². The smallest absolute Gasteiger partial charge is 0.328 e. The SMILES string of the molecule is CC(C)C(NC(=O)C(Cc1ccc(O)cc1)NC(=O)C(N)Cc1cnc[nH]1)C(=O)NC(CO)C(=O)O. The lowest BCUT2D eigenvalue weighted by Gasteiger charge is -2.27. The van der Waals surface area contributed by atoms with Gasteiger partial charge in [-0.15, -0.1) is 0 Å². The lowest BCUT2D eigenvalue weighted by molar-refractivity contribution is -0.143. The van der Waals surface area contributed by atoms with E-state index >= 15 is 0 Å². The highest BCUT2D eigenvalue weighted by molar-refractivity contribution is 5.94. The summed E-state index contributed by atoms with van der Waals surface area (Å²) in [5.74, 6) is -3.96. The van der Waals surface area contributed by atoms with E-state index in [1.807, 2.05) is 0 Å². The topological polar surface area (TPSA) is 220 Å². The summed E-state index contributed by atoms with van der Waals surface area (Å²) in [7, 11) is 0. The van der Waals surface area contributed by atoms with Gasteiger partial charge in [-0.1, -0.05) is 26.0 Å². The number of nitrogens with two attached hydrogens (primary N) is 1. The number of aliphatic carboxylic acids is 1. The molecule has 1 aromatic heterocycles. The van der Waals surface area contributed by atoms with Crippen LogP contribution in [0.2, 0.25) is 0 Å². The number of phenols is 1. The van der Waals surface area contributed by atoms with E-state index in [1.165, 1.54) is 24.7 Å². The van der Waals surface area contributed by atoms with Gasteiger partial charge >= 0.3 is 5.97 Å². The predicted octanol–water partition coefficient (Wildman–Crippen LogP) is -1.58. The van der Waals surface area contributed by atoms with Crippen LogP contribution in [0, 0.1) is 5.92 Å². The first kappa shape index (κ1) is 28.3. The number of carbonyl (C=O) groups is 4. The van der Waals surface area contributed by atoms with E-state index in [9.17, 15) is 29.4 Å². The number of aliphatic hydroxyl groups excluding tert-OH is 1. The summed E-state index contributed by atoms with van der Waals surface area (Å²) in [6, 6.07) is 1.20. The van der Waals surface area contributed by atoms with Crippen molar-refractivity contribution in [3.05, 3.63) is 48.0 Å². The Hall–Kier alpha value is -3.97. The Morgan fingerprint density at radius 2 is 1.61 bits per heavy atom. The molecule has 1 heterocycles. The van der Waals surface area contributed by atoms with Gasteiger partial charge in [0.25, 0.3) is 0 Å². The van der Waals surface area contributed by atoms with Crippen molar-refractivity contribution in [2.45, 2.75) is 50.9 Å². The normalized spacial score (nSPS) is 14.4. The Balaban J connectivity index is 2.19. The van der Waals surface area contributed by atoms with E-state index < -0.39 is 60.4 Å². The minimum absolute atomic E-state index is 0.0233. The summed E-state index contributed by atoms with van der Waals surface area (Å²) in [4.78, 5) is 56.6. The molecule has 0 aliphatic heterocycles. The van der Waals surface area contributed by atoms with Crippen LogP contribution in [-0.2, 0) is 32.0 Å². The summed E-state index contributed by atoms with van der Waals surface area (Å²) in [6.07, 6.45) is 3.14.